The van der Waals surface area contributed by atoms with Crippen LogP contribution in [0.15, 0.2) is 18.2 Å². The van der Waals surface area contributed by atoms with Crippen molar-refractivity contribution in [2.75, 3.05) is 18.1 Å². The first-order chi connectivity index (χ1) is 10.3. The predicted octanol–water partition coefficient (Wildman–Crippen LogP) is 2.02. The van der Waals surface area contributed by atoms with E-state index < -0.39 is 16.1 Å². The number of alkyl halides is 2. The molecule has 0 aliphatic carbocycles. The monoisotopic (exact) mass is 333 g/mol. The molecule has 2 aliphatic heterocycles. The van der Waals surface area contributed by atoms with Gasteiger partial charge in [0.05, 0.1) is 11.5 Å². The van der Waals surface area contributed by atoms with E-state index in [1.54, 1.807) is 6.07 Å². The summed E-state index contributed by atoms with van der Waals surface area (Å²) >= 11 is 0. The molecule has 0 bridgehead atoms. The molecule has 1 aromatic carbocycles. The molecule has 0 amide bonds. The van der Waals surface area contributed by atoms with Gasteiger partial charge in [-0.05, 0) is 30.7 Å². The summed E-state index contributed by atoms with van der Waals surface area (Å²) in [5.74, 6) is 0.392. The Hall–Kier alpha value is -1.41. The molecule has 1 saturated heterocycles. The van der Waals surface area contributed by atoms with Gasteiger partial charge < -0.3 is 9.47 Å². The van der Waals surface area contributed by atoms with Crippen LogP contribution in [0.3, 0.4) is 0 Å². The third kappa shape index (κ3) is 3.17. The lowest BCUT2D eigenvalue weighted by molar-refractivity contribution is -0.286. The number of sulfone groups is 1. The zero-order chi connectivity index (χ0) is 16.0. The van der Waals surface area contributed by atoms with Crippen LogP contribution in [-0.2, 0) is 16.4 Å². The van der Waals surface area contributed by atoms with Crippen molar-refractivity contribution < 1.29 is 26.7 Å². The minimum absolute atomic E-state index is 0.0117. The van der Waals surface area contributed by atoms with E-state index in [9.17, 15) is 17.2 Å². The van der Waals surface area contributed by atoms with Gasteiger partial charge in [-0.3, -0.25) is 4.90 Å². The molecule has 0 unspecified atom stereocenters. The van der Waals surface area contributed by atoms with Crippen molar-refractivity contribution in [3.05, 3.63) is 23.8 Å². The fraction of sp³-hybridized carbons (Fsp3) is 0.571. The second kappa shape index (κ2) is 5.34. The number of rotatable bonds is 4. The maximum atomic E-state index is 13.0. The van der Waals surface area contributed by atoms with Crippen molar-refractivity contribution in [3.8, 4) is 11.5 Å². The molecular weight excluding hydrogens is 316 g/mol. The van der Waals surface area contributed by atoms with Crippen LogP contribution in [-0.4, -0.2) is 43.7 Å². The first-order valence-electron chi connectivity index (χ1n) is 7.11. The van der Waals surface area contributed by atoms with Gasteiger partial charge in [0, 0.05) is 12.6 Å². The van der Waals surface area contributed by atoms with E-state index in [2.05, 4.69) is 9.47 Å². The Morgan fingerprint density at radius 2 is 2.05 bits per heavy atom. The number of nitrogens with zero attached hydrogens (tertiary/aromatic N) is 1. The molecule has 0 saturated carbocycles. The summed E-state index contributed by atoms with van der Waals surface area (Å²) < 4.78 is 58.0. The first kappa shape index (κ1) is 15.5. The minimum atomic E-state index is -3.62. The second-order valence-corrected chi connectivity index (χ2v) is 7.80. The molecule has 22 heavy (non-hydrogen) atoms. The zero-order valence-corrected chi connectivity index (χ0v) is 12.9. The number of halogens is 2. The third-order valence-corrected chi connectivity index (χ3v) is 5.73. The number of benzene rings is 1. The molecule has 5 nitrogen and oxygen atoms in total. The Labute approximate surface area is 127 Å². The highest BCUT2D eigenvalue weighted by molar-refractivity contribution is 7.91. The lowest BCUT2D eigenvalue weighted by Gasteiger charge is -2.26. The van der Waals surface area contributed by atoms with E-state index >= 15 is 0 Å². The van der Waals surface area contributed by atoms with E-state index in [1.807, 2.05) is 11.8 Å². The molecule has 8 heteroatoms. The van der Waals surface area contributed by atoms with Crippen LogP contribution in [0.1, 0.15) is 18.9 Å². The summed E-state index contributed by atoms with van der Waals surface area (Å²) in [6.45, 7) is 3.12. The Morgan fingerprint density at radius 1 is 1.32 bits per heavy atom. The molecule has 1 atom stereocenters. The fourth-order valence-electron chi connectivity index (χ4n) is 2.89. The fourth-order valence-corrected chi connectivity index (χ4v) is 4.65. The minimum Gasteiger partial charge on any atom is -0.395 e. The third-order valence-electron chi connectivity index (χ3n) is 3.98. The lowest BCUT2D eigenvalue weighted by atomic mass is 10.1. The van der Waals surface area contributed by atoms with E-state index in [0.717, 1.165) is 5.56 Å². The molecular formula is C14H17F2NO4S. The summed E-state index contributed by atoms with van der Waals surface area (Å²) in [5.41, 5.74) is 0.784. The molecule has 1 fully saturated rings. The average molecular weight is 333 g/mol. The van der Waals surface area contributed by atoms with Gasteiger partial charge in [-0.25, -0.2) is 8.42 Å². The van der Waals surface area contributed by atoms with Crippen molar-refractivity contribution >= 4 is 9.84 Å². The molecule has 3 rings (SSSR count). The van der Waals surface area contributed by atoms with Crippen molar-refractivity contribution in [1.29, 1.82) is 0 Å². The van der Waals surface area contributed by atoms with Gasteiger partial charge in [0.25, 0.3) is 0 Å². The Morgan fingerprint density at radius 3 is 2.68 bits per heavy atom. The highest BCUT2D eigenvalue weighted by Gasteiger charge is 2.43. The normalized spacial score (nSPS) is 24.8. The number of hydrogen-bond donors (Lipinski definition) is 0. The molecule has 2 heterocycles. The Bertz CT molecular complexity index is 677. The van der Waals surface area contributed by atoms with Crippen molar-refractivity contribution in [1.82, 2.24) is 4.90 Å². The maximum absolute atomic E-state index is 13.0. The summed E-state index contributed by atoms with van der Waals surface area (Å²) in [7, 11) is -2.95. The Kier molecular flexibility index (Phi) is 3.76. The van der Waals surface area contributed by atoms with E-state index in [0.29, 0.717) is 19.5 Å². The molecule has 1 aromatic rings. The average Bonchev–Trinajstić information content (AvgIpc) is 2.93. The lowest BCUT2D eigenvalue weighted by Crippen LogP contribution is -2.35. The maximum Gasteiger partial charge on any atom is 0.586 e. The number of fused-ring (bicyclic) bond motifs is 1. The van der Waals surface area contributed by atoms with Crippen LogP contribution in [0.2, 0.25) is 0 Å². The summed E-state index contributed by atoms with van der Waals surface area (Å²) in [6, 6.07) is 4.63. The smallest absolute Gasteiger partial charge is 0.395 e. The standard InChI is InChI=1S/C14H17F2NO4S/c1-2-17(11-5-6-22(18,19)9-11)8-10-3-4-12-13(7-10)21-14(15,16)20-12/h3-4,7,11H,2,5-6,8-9H2,1H3/t11-/m1/s1. The molecule has 0 radical (unpaired) electrons. The van der Waals surface area contributed by atoms with Crippen molar-refractivity contribution in [2.24, 2.45) is 0 Å². The molecule has 2 aliphatic rings. The van der Waals surface area contributed by atoms with E-state index in [4.69, 9.17) is 0 Å². The van der Waals surface area contributed by atoms with Crippen LogP contribution in [0.4, 0.5) is 8.78 Å². The molecule has 0 spiro atoms. The van der Waals surface area contributed by atoms with Gasteiger partial charge in [0.1, 0.15) is 0 Å². The van der Waals surface area contributed by atoms with Crippen molar-refractivity contribution in [3.63, 3.8) is 0 Å². The molecule has 122 valence electrons. The molecule has 0 N–H and O–H groups in total. The van der Waals surface area contributed by atoms with Gasteiger partial charge in [-0.1, -0.05) is 13.0 Å². The van der Waals surface area contributed by atoms with E-state index in [1.165, 1.54) is 12.1 Å². The van der Waals surface area contributed by atoms with Crippen LogP contribution < -0.4 is 9.47 Å². The number of hydrogen-bond acceptors (Lipinski definition) is 5. The zero-order valence-electron chi connectivity index (χ0n) is 12.1. The van der Waals surface area contributed by atoms with Gasteiger partial charge in [0.2, 0.25) is 0 Å². The quantitative estimate of drug-likeness (QED) is 0.844. The predicted molar refractivity (Wildman–Crippen MR) is 75.8 cm³/mol. The van der Waals surface area contributed by atoms with Crippen LogP contribution >= 0.6 is 0 Å². The van der Waals surface area contributed by atoms with Crippen LogP contribution in [0.25, 0.3) is 0 Å². The van der Waals surface area contributed by atoms with Crippen molar-refractivity contribution in [2.45, 2.75) is 32.2 Å². The SMILES string of the molecule is CCN(Cc1ccc2c(c1)OC(F)(F)O2)[C@@H]1CCS(=O)(=O)C1. The van der Waals surface area contributed by atoms with E-state index in [-0.39, 0.29) is 29.0 Å². The highest BCUT2D eigenvalue weighted by Crippen LogP contribution is 2.41. The van der Waals surface area contributed by atoms with Gasteiger partial charge in [-0.15, -0.1) is 8.78 Å². The van der Waals surface area contributed by atoms with Gasteiger partial charge in [0.15, 0.2) is 21.3 Å². The summed E-state index contributed by atoms with van der Waals surface area (Å²) in [6.07, 6.45) is -3.01. The second-order valence-electron chi connectivity index (χ2n) is 5.57. The largest absolute Gasteiger partial charge is 0.586 e. The Balaban J connectivity index is 1.73. The number of ether oxygens (including phenoxy) is 2. The van der Waals surface area contributed by atoms with Gasteiger partial charge >= 0.3 is 6.29 Å². The topological polar surface area (TPSA) is 55.8 Å². The van der Waals surface area contributed by atoms with Crippen LogP contribution in [0.5, 0.6) is 11.5 Å². The first-order valence-corrected chi connectivity index (χ1v) is 8.93. The summed E-state index contributed by atoms with van der Waals surface area (Å²) in [5, 5.41) is 0. The molecule has 0 aromatic heterocycles. The van der Waals surface area contributed by atoms with Gasteiger partial charge in [-0.2, -0.15) is 0 Å². The summed E-state index contributed by atoms with van der Waals surface area (Å²) in [4.78, 5) is 2.04. The highest BCUT2D eigenvalue weighted by atomic mass is 32.2. The van der Waals surface area contributed by atoms with Crippen LogP contribution in [0, 0.1) is 0 Å².